The smallest absolute Gasteiger partial charge is 0.126 e. The summed E-state index contributed by atoms with van der Waals surface area (Å²) in [6.07, 6.45) is 4.52. The van der Waals surface area contributed by atoms with Gasteiger partial charge >= 0.3 is 0 Å². The molecule has 1 heterocycles. The van der Waals surface area contributed by atoms with Crippen molar-refractivity contribution in [3.05, 3.63) is 53.6 Å². The average Bonchev–Trinajstić information content (AvgIpc) is 2.62. The van der Waals surface area contributed by atoms with E-state index in [4.69, 9.17) is 5.73 Å². The number of aromatic nitrogens is 2. The van der Waals surface area contributed by atoms with Crippen LogP contribution in [0.4, 0.5) is 8.78 Å². The van der Waals surface area contributed by atoms with Crippen LogP contribution in [0.1, 0.15) is 11.4 Å². The van der Waals surface area contributed by atoms with Crippen molar-refractivity contribution in [3.8, 4) is 0 Å². The lowest BCUT2D eigenvalue weighted by Crippen LogP contribution is -2.27. The van der Waals surface area contributed by atoms with Crippen LogP contribution in [0, 0.1) is 11.6 Å². The maximum absolute atomic E-state index is 13.0. The van der Waals surface area contributed by atoms with Crippen molar-refractivity contribution in [3.63, 3.8) is 0 Å². The zero-order valence-corrected chi connectivity index (χ0v) is 10.1. The highest BCUT2D eigenvalue weighted by atomic mass is 19.1. The molecule has 0 fully saturated rings. The van der Waals surface area contributed by atoms with Crippen LogP contribution in [0.2, 0.25) is 0 Å². The molecule has 0 amide bonds. The Labute approximate surface area is 104 Å². The number of hydrogen-bond acceptors (Lipinski definition) is 2. The monoisotopic (exact) mass is 251 g/mol. The molecule has 0 radical (unpaired) electrons. The number of benzene rings is 1. The van der Waals surface area contributed by atoms with E-state index < -0.39 is 11.6 Å². The summed E-state index contributed by atoms with van der Waals surface area (Å²) in [5.74, 6) is -0.289. The molecular weight excluding hydrogens is 236 g/mol. The summed E-state index contributed by atoms with van der Waals surface area (Å²) in [6, 6.07) is 3.25. The molecule has 0 aliphatic carbocycles. The van der Waals surface area contributed by atoms with E-state index in [1.54, 1.807) is 6.20 Å². The second-order valence-corrected chi connectivity index (χ2v) is 4.40. The molecule has 0 spiro atoms. The molecule has 2 aromatic rings. The lowest BCUT2D eigenvalue weighted by Gasteiger charge is -2.11. The number of halogens is 2. The second-order valence-electron chi connectivity index (χ2n) is 4.40. The average molecular weight is 251 g/mol. The van der Waals surface area contributed by atoms with E-state index in [1.165, 1.54) is 12.1 Å². The topological polar surface area (TPSA) is 43.8 Å². The van der Waals surface area contributed by atoms with Crippen LogP contribution in [-0.2, 0) is 19.9 Å². The first kappa shape index (κ1) is 12.7. The van der Waals surface area contributed by atoms with Crippen LogP contribution in [0.15, 0.2) is 30.6 Å². The quantitative estimate of drug-likeness (QED) is 0.900. The largest absolute Gasteiger partial charge is 0.338 e. The summed E-state index contributed by atoms with van der Waals surface area (Å²) in [5, 5.41) is 0. The van der Waals surface area contributed by atoms with Gasteiger partial charge in [-0.1, -0.05) is 0 Å². The Morgan fingerprint density at radius 1 is 1.22 bits per heavy atom. The number of aryl methyl sites for hydroxylation is 1. The van der Waals surface area contributed by atoms with Crippen molar-refractivity contribution >= 4 is 0 Å². The van der Waals surface area contributed by atoms with E-state index in [0.29, 0.717) is 18.4 Å². The molecule has 5 heteroatoms. The molecule has 0 aliphatic rings. The molecule has 1 unspecified atom stereocenters. The Hall–Kier alpha value is -1.75. The van der Waals surface area contributed by atoms with Gasteiger partial charge in [0.1, 0.15) is 17.5 Å². The van der Waals surface area contributed by atoms with Gasteiger partial charge in [-0.15, -0.1) is 0 Å². The van der Waals surface area contributed by atoms with Crippen LogP contribution in [-0.4, -0.2) is 15.6 Å². The molecule has 96 valence electrons. The third-order valence-corrected chi connectivity index (χ3v) is 2.79. The van der Waals surface area contributed by atoms with Gasteiger partial charge in [0.2, 0.25) is 0 Å². The van der Waals surface area contributed by atoms with Crippen molar-refractivity contribution in [2.45, 2.75) is 18.9 Å². The van der Waals surface area contributed by atoms with Crippen molar-refractivity contribution in [2.24, 2.45) is 12.8 Å². The Morgan fingerprint density at radius 2 is 1.89 bits per heavy atom. The number of rotatable bonds is 4. The molecule has 2 rings (SSSR count). The molecule has 1 atom stereocenters. The van der Waals surface area contributed by atoms with E-state index in [2.05, 4.69) is 4.98 Å². The minimum absolute atomic E-state index is 0.215. The molecular formula is C13H15F2N3. The summed E-state index contributed by atoms with van der Waals surface area (Å²) in [7, 11) is 1.89. The minimum atomic E-state index is -0.575. The molecule has 0 saturated carbocycles. The predicted molar refractivity (Wildman–Crippen MR) is 64.9 cm³/mol. The third kappa shape index (κ3) is 3.13. The fourth-order valence-electron chi connectivity index (χ4n) is 1.93. The van der Waals surface area contributed by atoms with Gasteiger partial charge in [0.15, 0.2) is 0 Å². The zero-order chi connectivity index (χ0) is 13.1. The van der Waals surface area contributed by atoms with Gasteiger partial charge in [-0.25, -0.2) is 13.8 Å². The number of nitrogens with two attached hydrogens (primary N) is 1. The van der Waals surface area contributed by atoms with Crippen LogP contribution in [0.5, 0.6) is 0 Å². The molecule has 0 bridgehead atoms. The van der Waals surface area contributed by atoms with E-state index in [0.717, 1.165) is 11.9 Å². The van der Waals surface area contributed by atoms with Crippen LogP contribution < -0.4 is 5.73 Å². The lowest BCUT2D eigenvalue weighted by atomic mass is 10.0. The first-order valence-electron chi connectivity index (χ1n) is 5.71. The summed E-state index contributed by atoms with van der Waals surface area (Å²) in [4.78, 5) is 4.17. The van der Waals surface area contributed by atoms with Gasteiger partial charge in [-0.2, -0.15) is 0 Å². The fraction of sp³-hybridized carbons (Fsp3) is 0.308. The van der Waals surface area contributed by atoms with Gasteiger partial charge < -0.3 is 10.3 Å². The van der Waals surface area contributed by atoms with Crippen molar-refractivity contribution in [1.29, 1.82) is 0 Å². The highest BCUT2D eigenvalue weighted by Gasteiger charge is 2.10. The molecule has 0 aliphatic heterocycles. The summed E-state index contributed by atoms with van der Waals surface area (Å²) >= 11 is 0. The van der Waals surface area contributed by atoms with Crippen molar-refractivity contribution in [1.82, 2.24) is 9.55 Å². The normalized spacial score (nSPS) is 12.7. The SMILES string of the molecule is Cn1ccnc1CC(N)Cc1cc(F)cc(F)c1. The first-order chi connectivity index (χ1) is 8.54. The van der Waals surface area contributed by atoms with Crippen molar-refractivity contribution < 1.29 is 8.78 Å². The number of imidazole rings is 1. The first-order valence-corrected chi connectivity index (χ1v) is 5.71. The number of nitrogens with zero attached hydrogens (tertiary/aromatic N) is 2. The highest BCUT2D eigenvalue weighted by Crippen LogP contribution is 2.11. The highest BCUT2D eigenvalue weighted by molar-refractivity contribution is 5.19. The molecule has 3 nitrogen and oxygen atoms in total. The maximum Gasteiger partial charge on any atom is 0.126 e. The van der Waals surface area contributed by atoms with E-state index in [1.807, 2.05) is 17.8 Å². The Morgan fingerprint density at radius 3 is 2.44 bits per heavy atom. The summed E-state index contributed by atoms with van der Waals surface area (Å²) in [6.45, 7) is 0. The van der Waals surface area contributed by atoms with Gasteiger partial charge in [-0.3, -0.25) is 0 Å². The number of hydrogen-bond donors (Lipinski definition) is 1. The maximum atomic E-state index is 13.0. The van der Waals surface area contributed by atoms with Gasteiger partial charge in [0.05, 0.1) is 0 Å². The molecule has 1 aromatic carbocycles. The minimum Gasteiger partial charge on any atom is -0.338 e. The standard InChI is InChI=1S/C13H15F2N3/c1-18-3-2-17-13(18)8-12(16)6-9-4-10(14)7-11(15)5-9/h2-5,7,12H,6,8,16H2,1H3. The predicted octanol–water partition coefficient (Wildman–Crippen LogP) is 1.81. The summed E-state index contributed by atoms with van der Waals surface area (Å²) in [5.41, 5.74) is 6.53. The molecule has 18 heavy (non-hydrogen) atoms. The lowest BCUT2D eigenvalue weighted by molar-refractivity contribution is 0.571. The van der Waals surface area contributed by atoms with Gasteiger partial charge in [0, 0.05) is 38.0 Å². The second kappa shape index (κ2) is 5.27. The van der Waals surface area contributed by atoms with Gasteiger partial charge in [0.25, 0.3) is 0 Å². The zero-order valence-electron chi connectivity index (χ0n) is 10.1. The summed E-state index contributed by atoms with van der Waals surface area (Å²) < 4.78 is 27.9. The van der Waals surface area contributed by atoms with Crippen LogP contribution in [0.3, 0.4) is 0 Å². The van der Waals surface area contributed by atoms with E-state index in [-0.39, 0.29) is 6.04 Å². The molecule has 2 N–H and O–H groups in total. The fourth-order valence-corrected chi connectivity index (χ4v) is 1.93. The van der Waals surface area contributed by atoms with Crippen LogP contribution in [0.25, 0.3) is 0 Å². The Bertz CT molecular complexity index is 517. The third-order valence-electron chi connectivity index (χ3n) is 2.79. The van der Waals surface area contributed by atoms with E-state index in [9.17, 15) is 8.78 Å². The van der Waals surface area contributed by atoms with Gasteiger partial charge in [-0.05, 0) is 24.1 Å². The van der Waals surface area contributed by atoms with E-state index >= 15 is 0 Å². The Kier molecular flexibility index (Phi) is 3.72. The van der Waals surface area contributed by atoms with Crippen molar-refractivity contribution in [2.75, 3.05) is 0 Å². The molecule has 1 aromatic heterocycles. The Balaban J connectivity index is 2.03. The molecule has 0 saturated heterocycles. The van der Waals surface area contributed by atoms with Crippen LogP contribution >= 0.6 is 0 Å².